The van der Waals surface area contributed by atoms with Crippen LogP contribution in [0.15, 0.2) is 10.5 Å². The quantitative estimate of drug-likeness (QED) is 0.759. The van der Waals surface area contributed by atoms with Crippen LogP contribution in [-0.4, -0.2) is 5.91 Å². The number of carbonyl (C=O) groups is 1. The number of hydrogen-bond acceptors (Lipinski definition) is 2. The largest absolute Gasteiger partial charge is 0.456 e. The molecule has 0 spiro atoms. The lowest BCUT2D eigenvalue weighted by Crippen LogP contribution is -2.09. The average molecular weight is 202 g/mol. The molecule has 0 aliphatic rings. The zero-order chi connectivity index (χ0) is 9.84. The number of rotatable bonds is 4. The molecule has 0 fully saturated rings. The Bertz CT molecular complexity index is 307. The first kappa shape index (κ1) is 10.1. The highest BCUT2D eigenvalue weighted by atomic mass is 35.5. The van der Waals surface area contributed by atoms with Crippen molar-refractivity contribution in [3.63, 3.8) is 0 Å². The molecule has 0 unspecified atom stereocenters. The molecule has 0 atom stereocenters. The molecule has 0 saturated carbocycles. The molecule has 13 heavy (non-hydrogen) atoms. The minimum absolute atomic E-state index is 0.194. The van der Waals surface area contributed by atoms with Crippen molar-refractivity contribution in [2.75, 3.05) is 0 Å². The summed E-state index contributed by atoms with van der Waals surface area (Å²) in [4.78, 5) is 10.8. The maximum atomic E-state index is 10.8. The SMILES string of the molecule is CCCc1oc(C(N)=O)cc1CCl. The lowest BCUT2D eigenvalue weighted by Gasteiger charge is -1.94. The number of amides is 1. The molecule has 3 nitrogen and oxygen atoms in total. The first-order valence-electron chi connectivity index (χ1n) is 4.16. The Hall–Kier alpha value is -0.960. The van der Waals surface area contributed by atoms with Crippen LogP contribution in [-0.2, 0) is 12.3 Å². The van der Waals surface area contributed by atoms with E-state index in [2.05, 4.69) is 0 Å². The highest BCUT2D eigenvalue weighted by Gasteiger charge is 2.12. The predicted octanol–water partition coefficient (Wildman–Crippen LogP) is 2.07. The molecular formula is C9H12ClNO2. The van der Waals surface area contributed by atoms with Crippen LogP contribution in [0, 0.1) is 0 Å². The molecule has 2 N–H and O–H groups in total. The normalized spacial score (nSPS) is 10.3. The zero-order valence-electron chi connectivity index (χ0n) is 7.47. The molecule has 1 heterocycles. The summed E-state index contributed by atoms with van der Waals surface area (Å²) in [6.07, 6.45) is 1.74. The highest BCUT2D eigenvalue weighted by molar-refractivity contribution is 6.17. The average Bonchev–Trinajstić information content (AvgIpc) is 2.48. The van der Waals surface area contributed by atoms with Crippen molar-refractivity contribution >= 4 is 17.5 Å². The fourth-order valence-electron chi connectivity index (χ4n) is 1.14. The van der Waals surface area contributed by atoms with Crippen LogP contribution in [0.5, 0.6) is 0 Å². The van der Waals surface area contributed by atoms with Crippen LogP contribution >= 0.6 is 11.6 Å². The molecule has 0 aromatic carbocycles. The summed E-state index contributed by atoms with van der Waals surface area (Å²) in [6.45, 7) is 2.03. The van der Waals surface area contributed by atoms with Gasteiger partial charge in [0.1, 0.15) is 5.76 Å². The third-order valence-corrected chi connectivity index (χ3v) is 2.05. The monoisotopic (exact) mass is 201 g/mol. The van der Waals surface area contributed by atoms with Crippen molar-refractivity contribution in [2.24, 2.45) is 5.73 Å². The van der Waals surface area contributed by atoms with E-state index in [0.29, 0.717) is 5.88 Å². The van der Waals surface area contributed by atoms with Gasteiger partial charge >= 0.3 is 0 Å². The van der Waals surface area contributed by atoms with Crippen molar-refractivity contribution in [3.05, 3.63) is 23.2 Å². The van der Waals surface area contributed by atoms with Gasteiger partial charge in [-0.1, -0.05) is 6.92 Å². The Morgan fingerprint density at radius 3 is 2.85 bits per heavy atom. The second kappa shape index (κ2) is 4.33. The number of aryl methyl sites for hydroxylation is 1. The van der Waals surface area contributed by atoms with E-state index in [1.807, 2.05) is 6.92 Å². The van der Waals surface area contributed by atoms with Crippen molar-refractivity contribution in [1.82, 2.24) is 0 Å². The highest BCUT2D eigenvalue weighted by Crippen LogP contribution is 2.18. The van der Waals surface area contributed by atoms with Gasteiger partial charge in [-0.2, -0.15) is 0 Å². The molecule has 0 radical (unpaired) electrons. The van der Waals surface area contributed by atoms with E-state index in [1.54, 1.807) is 6.07 Å². The van der Waals surface area contributed by atoms with E-state index in [0.717, 1.165) is 24.2 Å². The zero-order valence-corrected chi connectivity index (χ0v) is 8.23. The van der Waals surface area contributed by atoms with Gasteiger partial charge in [0.25, 0.3) is 5.91 Å². The molecule has 0 aliphatic heterocycles. The van der Waals surface area contributed by atoms with Crippen LogP contribution in [0.4, 0.5) is 0 Å². The Kier molecular flexibility index (Phi) is 3.37. The standard InChI is InChI=1S/C9H12ClNO2/c1-2-3-7-6(5-10)4-8(13-7)9(11)12/h4H,2-3,5H2,1H3,(H2,11,12). The Morgan fingerprint density at radius 1 is 1.69 bits per heavy atom. The third-order valence-electron chi connectivity index (χ3n) is 1.76. The van der Waals surface area contributed by atoms with Crippen LogP contribution in [0.25, 0.3) is 0 Å². The van der Waals surface area contributed by atoms with Crippen LogP contribution in [0.3, 0.4) is 0 Å². The molecule has 4 heteroatoms. The predicted molar refractivity (Wildman–Crippen MR) is 50.8 cm³/mol. The van der Waals surface area contributed by atoms with Crippen molar-refractivity contribution in [1.29, 1.82) is 0 Å². The van der Waals surface area contributed by atoms with Crippen LogP contribution < -0.4 is 5.73 Å². The minimum atomic E-state index is -0.547. The van der Waals surface area contributed by atoms with Gasteiger partial charge < -0.3 is 10.2 Å². The van der Waals surface area contributed by atoms with Crippen LogP contribution in [0.1, 0.15) is 35.2 Å². The van der Waals surface area contributed by atoms with E-state index >= 15 is 0 Å². The maximum absolute atomic E-state index is 10.8. The van der Waals surface area contributed by atoms with E-state index in [4.69, 9.17) is 21.8 Å². The fraction of sp³-hybridized carbons (Fsp3) is 0.444. The Morgan fingerprint density at radius 2 is 2.38 bits per heavy atom. The number of furan rings is 1. The maximum Gasteiger partial charge on any atom is 0.284 e. The minimum Gasteiger partial charge on any atom is -0.456 e. The summed E-state index contributed by atoms with van der Waals surface area (Å²) in [5, 5.41) is 0. The third kappa shape index (κ3) is 2.25. The molecule has 1 aromatic heterocycles. The summed E-state index contributed by atoms with van der Waals surface area (Å²) in [7, 11) is 0. The Labute approximate surface area is 81.9 Å². The lowest BCUT2D eigenvalue weighted by molar-refractivity contribution is 0.0972. The molecule has 1 rings (SSSR count). The van der Waals surface area contributed by atoms with E-state index in [9.17, 15) is 4.79 Å². The van der Waals surface area contributed by atoms with Gasteiger partial charge in [-0.3, -0.25) is 4.79 Å². The molecule has 1 aromatic rings. The lowest BCUT2D eigenvalue weighted by atomic mass is 10.2. The summed E-state index contributed by atoms with van der Waals surface area (Å²) in [6, 6.07) is 1.61. The molecule has 0 aliphatic carbocycles. The summed E-state index contributed by atoms with van der Waals surface area (Å²) >= 11 is 5.67. The van der Waals surface area contributed by atoms with Crippen molar-refractivity contribution in [2.45, 2.75) is 25.6 Å². The second-order valence-corrected chi connectivity index (χ2v) is 3.07. The first-order chi connectivity index (χ1) is 6.19. The van der Waals surface area contributed by atoms with Gasteiger partial charge in [-0.25, -0.2) is 0 Å². The fourth-order valence-corrected chi connectivity index (χ4v) is 1.37. The second-order valence-electron chi connectivity index (χ2n) is 2.81. The molecule has 1 amide bonds. The number of halogens is 1. The van der Waals surface area contributed by atoms with Gasteiger partial charge in [0, 0.05) is 12.0 Å². The molecule has 72 valence electrons. The molecule has 0 bridgehead atoms. The van der Waals surface area contributed by atoms with Crippen molar-refractivity contribution < 1.29 is 9.21 Å². The van der Waals surface area contributed by atoms with Gasteiger partial charge in [-0.05, 0) is 12.5 Å². The number of carbonyl (C=O) groups excluding carboxylic acids is 1. The molecule has 0 saturated heterocycles. The van der Waals surface area contributed by atoms with Crippen LogP contribution in [0.2, 0.25) is 0 Å². The van der Waals surface area contributed by atoms with Gasteiger partial charge in [0.2, 0.25) is 0 Å². The summed E-state index contributed by atoms with van der Waals surface area (Å²) in [5.74, 6) is 0.769. The number of primary amides is 1. The van der Waals surface area contributed by atoms with E-state index < -0.39 is 5.91 Å². The smallest absolute Gasteiger partial charge is 0.284 e. The number of nitrogens with two attached hydrogens (primary N) is 1. The van der Waals surface area contributed by atoms with Gasteiger partial charge in [0.15, 0.2) is 5.76 Å². The number of alkyl halides is 1. The van der Waals surface area contributed by atoms with E-state index in [1.165, 1.54) is 0 Å². The van der Waals surface area contributed by atoms with Gasteiger partial charge in [0.05, 0.1) is 5.88 Å². The first-order valence-corrected chi connectivity index (χ1v) is 4.69. The Balaban J connectivity index is 2.96. The summed E-state index contributed by atoms with van der Waals surface area (Å²) in [5.41, 5.74) is 5.93. The topological polar surface area (TPSA) is 56.2 Å². The van der Waals surface area contributed by atoms with E-state index in [-0.39, 0.29) is 5.76 Å². The summed E-state index contributed by atoms with van der Waals surface area (Å²) < 4.78 is 5.25. The van der Waals surface area contributed by atoms with Crippen molar-refractivity contribution in [3.8, 4) is 0 Å². The molecular weight excluding hydrogens is 190 g/mol. The number of hydrogen-bond donors (Lipinski definition) is 1. The van der Waals surface area contributed by atoms with Gasteiger partial charge in [-0.15, -0.1) is 11.6 Å².